The van der Waals surface area contributed by atoms with Gasteiger partial charge in [0.25, 0.3) is 0 Å². The second kappa shape index (κ2) is 64.4. The predicted molar refractivity (Wildman–Crippen MR) is 381 cm³/mol. The van der Waals surface area contributed by atoms with Crippen molar-refractivity contribution in [3.8, 4) is 0 Å². The smallest absolute Gasteiger partial charge is 0.462 e. The molecule has 0 amide bonds. The average molecular weight is 1380 g/mol. The summed E-state index contributed by atoms with van der Waals surface area (Å²) < 4.78 is 68.4. The van der Waals surface area contributed by atoms with Gasteiger partial charge in [-0.1, -0.05) is 325 Å². The maximum absolute atomic E-state index is 13.1. The van der Waals surface area contributed by atoms with Gasteiger partial charge in [-0.3, -0.25) is 37.3 Å². The number of carbonyl (C=O) groups excluding carboxylic acids is 4. The highest BCUT2D eigenvalue weighted by molar-refractivity contribution is 7.47. The Hall–Kier alpha value is -1.94. The van der Waals surface area contributed by atoms with Crippen molar-refractivity contribution >= 4 is 39.5 Å². The number of hydrogen-bond donors (Lipinski definition) is 3. The minimum absolute atomic E-state index is 0.102. The number of aliphatic hydroxyl groups is 1. The second-order valence-electron chi connectivity index (χ2n) is 28.5. The van der Waals surface area contributed by atoms with E-state index in [1.165, 1.54) is 173 Å². The van der Waals surface area contributed by atoms with E-state index in [4.69, 9.17) is 37.0 Å². The summed E-state index contributed by atoms with van der Waals surface area (Å²) >= 11 is 0. The molecule has 7 atom stereocenters. The van der Waals surface area contributed by atoms with E-state index < -0.39 is 97.5 Å². The van der Waals surface area contributed by atoms with Crippen LogP contribution in [0.2, 0.25) is 0 Å². The van der Waals surface area contributed by atoms with Crippen molar-refractivity contribution in [3.63, 3.8) is 0 Å². The third kappa shape index (κ3) is 66.0. The molecular weight excluding hydrogens is 1230 g/mol. The predicted octanol–water partition coefficient (Wildman–Crippen LogP) is 21.7. The molecule has 4 unspecified atom stereocenters. The van der Waals surface area contributed by atoms with Gasteiger partial charge in [0.15, 0.2) is 12.2 Å². The highest BCUT2D eigenvalue weighted by Crippen LogP contribution is 2.45. The lowest BCUT2D eigenvalue weighted by atomic mass is 10.00. The van der Waals surface area contributed by atoms with Crippen molar-refractivity contribution in [2.75, 3.05) is 39.6 Å². The zero-order valence-electron chi connectivity index (χ0n) is 61.6. The van der Waals surface area contributed by atoms with E-state index in [0.29, 0.717) is 25.7 Å². The maximum Gasteiger partial charge on any atom is 0.472 e. The summed E-state index contributed by atoms with van der Waals surface area (Å²) in [5.41, 5.74) is 0. The van der Waals surface area contributed by atoms with Crippen LogP contribution in [0, 0.1) is 23.7 Å². The van der Waals surface area contributed by atoms with Gasteiger partial charge in [-0.25, -0.2) is 9.13 Å². The first kappa shape index (κ1) is 92.1. The summed E-state index contributed by atoms with van der Waals surface area (Å²) in [6.45, 7) is 14.1. The Kier molecular flexibility index (Phi) is 63.1. The van der Waals surface area contributed by atoms with Crippen molar-refractivity contribution in [2.24, 2.45) is 23.7 Å². The molecule has 0 radical (unpaired) electrons. The number of ether oxygens (including phenoxy) is 4. The van der Waals surface area contributed by atoms with Gasteiger partial charge in [0.1, 0.15) is 19.3 Å². The highest BCUT2D eigenvalue weighted by Gasteiger charge is 2.30. The molecule has 19 heteroatoms. The van der Waals surface area contributed by atoms with E-state index >= 15 is 0 Å². The van der Waals surface area contributed by atoms with E-state index in [-0.39, 0.29) is 25.7 Å². The molecule has 0 rings (SSSR count). The van der Waals surface area contributed by atoms with Gasteiger partial charge in [0.05, 0.1) is 26.4 Å². The lowest BCUT2D eigenvalue weighted by Gasteiger charge is -2.21. The lowest BCUT2D eigenvalue weighted by Crippen LogP contribution is -2.30. The van der Waals surface area contributed by atoms with Crippen LogP contribution in [0.1, 0.15) is 376 Å². The monoisotopic (exact) mass is 1380 g/mol. The molecule has 17 nitrogen and oxygen atoms in total. The van der Waals surface area contributed by atoms with Crippen molar-refractivity contribution < 1.29 is 80.2 Å². The Bertz CT molecular complexity index is 1850. The van der Waals surface area contributed by atoms with Crippen LogP contribution in [0.5, 0.6) is 0 Å². The molecule has 558 valence electrons. The number of phosphoric ester groups is 2. The molecule has 0 aromatic carbocycles. The molecule has 94 heavy (non-hydrogen) atoms. The van der Waals surface area contributed by atoms with Crippen LogP contribution in [-0.2, 0) is 65.4 Å². The number of hydrogen-bond acceptors (Lipinski definition) is 15. The van der Waals surface area contributed by atoms with Crippen molar-refractivity contribution in [3.05, 3.63) is 0 Å². The molecule has 0 aromatic heterocycles. The van der Waals surface area contributed by atoms with Crippen molar-refractivity contribution in [2.45, 2.75) is 395 Å². The highest BCUT2D eigenvalue weighted by atomic mass is 31.2. The first-order valence-corrected chi connectivity index (χ1v) is 41.8. The van der Waals surface area contributed by atoms with Crippen LogP contribution >= 0.6 is 15.6 Å². The minimum Gasteiger partial charge on any atom is -0.462 e. The van der Waals surface area contributed by atoms with Gasteiger partial charge in [0, 0.05) is 25.7 Å². The molecule has 0 bridgehead atoms. The number of rotatable bonds is 72. The van der Waals surface area contributed by atoms with E-state index in [1.54, 1.807) is 0 Å². The number of unbranched alkanes of at least 4 members (excludes halogenated alkanes) is 36. The van der Waals surface area contributed by atoms with Gasteiger partial charge < -0.3 is 33.8 Å². The molecule has 0 saturated heterocycles. The van der Waals surface area contributed by atoms with E-state index in [1.807, 2.05) is 0 Å². The number of esters is 4. The normalized spacial score (nSPS) is 14.7. The molecule has 0 spiro atoms. The zero-order valence-corrected chi connectivity index (χ0v) is 63.4. The fraction of sp³-hybridized carbons (Fsp3) is 0.947. The number of aliphatic hydroxyl groups excluding tert-OH is 1. The van der Waals surface area contributed by atoms with Gasteiger partial charge in [-0.05, 0) is 49.4 Å². The van der Waals surface area contributed by atoms with Gasteiger partial charge >= 0.3 is 39.5 Å². The average Bonchev–Trinajstić information content (AvgIpc) is 1.26. The minimum atomic E-state index is -4.96. The lowest BCUT2D eigenvalue weighted by molar-refractivity contribution is -0.161. The van der Waals surface area contributed by atoms with Crippen LogP contribution in [0.15, 0.2) is 0 Å². The summed E-state index contributed by atoms with van der Waals surface area (Å²) in [4.78, 5) is 72.7. The van der Waals surface area contributed by atoms with Gasteiger partial charge in [0.2, 0.25) is 0 Å². The Balaban J connectivity index is 5.18. The van der Waals surface area contributed by atoms with Crippen LogP contribution in [0.25, 0.3) is 0 Å². The van der Waals surface area contributed by atoms with Crippen LogP contribution in [-0.4, -0.2) is 96.7 Å². The summed E-state index contributed by atoms with van der Waals surface area (Å²) in [6, 6.07) is 0. The maximum atomic E-state index is 13.1. The Labute approximate surface area is 575 Å². The summed E-state index contributed by atoms with van der Waals surface area (Å²) in [5, 5.41) is 10.6. The Morgan fingerprint density at radius 1 is 0.298 bits per heavy atom. The SMILES string of the molecule is CCC(C)CCCCCCCCC(=O)OC[C@H](COP(=O)(O)OC[C@H](O)COP(=O)(O)OC[C@@H](COC(=O)CCCCCCCCCCCCCCCCCCCCC(C)C)OC(=O)CCCCCCCCCCCCC(C)C)OC(=O)CCCCCCCCC(C)CC. The van der Waals surface area contributed by atoms with Crippen molar-refractivity contribution in [1.29, 1.82) is 0 Å². The molecule has 3 N–H and O–H groups in total. The van der Waals surface area contributed by atoms with Gasteiger partial charge in [-0.2, -0.15) is 0 Å². The fourth-order valence-electron chi connectivity index (χ4n) is 11.3. The summed E-state index contributed by atoms with van der Waals surface area (Å²) in [7, 11) is -9.91. The largest absolute Gasteiger partial charge is 0.472 e. The van der Waals surface area contributed by atoms with Crippen LogP contribution < -0.4 is 0 Å². The number of phosphoric acid groups is 2. The van der Waals surface area contributed by atoms with Gasteiger partial charge in [-0.15, -0.1) is 0 Å². The van der Waals surface area contributed by atoms with E-state index in [9.17, 15) is 43.2 Å². The molecule has 0 aliphatic carbocycles. The molecular formula is C75H146O17P2. The zero-order chi connectivity index (χ0) is 69.6. The molecule has 0 aliphatic heterocycles. The standard InChI is InChI=1S/C75H146O17P2/c1-9-67(7)53-45-37-31-33-40-48-56-73(78)86-62-71(92-75(80)58-50-42-34-32-38-46-54-68(8)10-2)64-90-94(83,84)88-60-69(76)59-87-93(81,82)89-63-70(91-74(79)57-49-41-30-26-22-21-24-28-36-44-52-66(5)6)61-85-72(77)55-47-39-29-25-20-18-16-14-12-11-13-15-17-19-23-27-35-43-51-65(3)4/h65-71,76H,9-64H2,1-8H3,(H,81,82)(H,83,84)/t67?,68?,69-,70-,71-/m1/s1. The fourth-order valence-corrected chi connectivity index (χ4v) is 12.9. The molecule has 0 saturated carbocycles. The number of carbonyl (C=O) groups is 4. The summed E-state index contributed by atoms with van der Waals surface area (Å²) in [5.74, 6) is 0.898. The summed E-state index contributed by atoms with van der Waals surface area (Å²) in [6.07, 6.45) is 48.8. The molecule has 0 heterocycles. The molecule has 0 aliphatic rings. The first-order valence-electron chi connectivity index (χ1n) is 38.8. The van der Waals surface area contributed by atoms with Crippen LogP contribution in [0.3, 0.4) is 0 Å². The van der Waals surface area contributed by atoms with Crippen molar-refractivity contribution in [1.82, 2.24) is 0 Å². The van der Waals surface area contributed by atoms with E-state index in [2.05, 4.69) is 55.4 Å². The third-order valence-corrected chi connectivity index (χ3v) is 19.9. The molecule has 0 fully saturated rings. The quantitative estimate of drug-likeness (QED) is 0.0222. The second-order valence-corrected chi connectivity index (χ2v) is 31.4. The van der Waals surface area contributed by atoms with E-state index in [0.717, 1.165) is 120 Å². The molecule has 0 aromatic rings. The Morgan fingerprint density at radius 2 is 0.511 bits per heavy atom. The topological polar surface area (TPSA) is 237 Å². The first-order chi connectivity index (χ1) is 45.2. The Morgan fingerprint density at radius 3 is 0.755 bits per heavy atom. The third-order valence-electron chi connectivity index (χ3n) is 18.0. The van der Waals surface area contributed by atoms with Crippen LogP contribution in [0.4, 0.5) is 0 Å².